The highest BCUT2D eigenvalue weighted by Crippen LogP contribution is 2.33. The summed E-state index contributed by atoms with van der Waals surface area (Å²) in [4.78, 5) is 3.65. The molecule has 0 radical (unpaired) electrons. The predicted molar refractivity (Wildman–Crippen MR) is 93.0 cm³/mol. The number of rotatable bonds is 3. The van der Waals surface area contributed by atoms with Gasteiger partial charge < -0.3 is 10.3 Å². The first-order valence-electron chi connectivity index (χ1n) is 8.27. The van der Waals surface area contributed by atoms with Gasteiger partial charge in [-0.05, 0) is 55.5 Å². The van der Waals surface area contributed by atoms with Gasteiger partial charge in [0.1, 0.15) is 0 Å². The van der Waals surface area contributed by atoms with E-state index in [1.165, 1.54) is 47.1 Å². The van der Waals surface area contributed by atoms with Crippen LogP contribution in [0.3, 0.4) is 0 Å². The van der Waals surface area contributed by atoms with Crippen molar-refractivity contribution < 1.29 is 0 Å². The van der Waals surface area contributed by atoms with Crippen molar-refractivity contribution in [3.8, 4) is 11.3 Å². The number of piperidine rings is 1. The van der Waals surface area contributed by atoms with E-state index in [-0.39, 0.29) is 0 Å². The Labute approximate surface area is 131 Å². The summed E-state index contributed by atoms with van der Waals surface area (Å²) in [5, 5.41) is 4.93. The van der Waals surface area contributed by atoms with Crippen LogP contribution in [0.2, 0.25) is 0 Å². The zero-order valence-corrected chi connectivity index (χ0v) is 12.8. The van der Waals surface area contributed by atoms with E-state index >= 15 is 0 Å². The molecule has 1 fully saturated rings. The number of aromatic nitrogens is 1. The highest BCUT2D eigenvalue weighted by atomic mass is 14.9. The van der Waals surface area contributed by atoms with Crippen molar-refractivity contribution in [2.75, 3.05) is 13.1 Å². The average molecular weight is 290 g/mol. The van der Waals surface area contributed by atoms with E-state index in [1.54, 1.807) is 0 Å². The van der Waals surface area contributed by atoms with Gasteiger partial charge in [0.2, 0.25) is 0 Å². The van der Waals surface area contributed by atoms with Gasteiger partial charge in [-0.2, -0.15) is 0 Å². The van der Waals surface area contributed by atoms with Gasteiger partial charge in [0, 0.05) is 16.6 Å². The lowest BCUT2D eigenvalue weighted by molar-refractivity contribution is 0.377. The molecular weight excluding hydrogens is 268 g/mol. The molecule has 2 heterocycles. The lowest BCUT2D eigenvalue weighted by Gasteiger charge is -2.23. The number of aromatic amines is 1. The molecular formula is C20H22N2. The van der Waals surface area contributed by atoms with Crippen LogP contribution >= 0.6 is 0 Å². The predicted octanol–water partition coefficient (Wildman–Crippen LogP) is 4.38. The molecule has 0 aliphatic carbocycles. The Balaban J connectivity index is 1.79. The average Bonchev–Trinajstić information content (AvgIpc) is 2.95. The Morgan fingerprint density at radius 1 is 0.955 bits per heavy atom. The summed E-state index contributed by atoms with van der Waals surface area (Å²) in [5.41, 5.74) is 5.32. The molecule has 2 nitrogen and oxygen atoms in total. The highest BCUT2D eigenvalue weighted by Gasteiger charge is 2.19. The van der Waals surface area contributed by atoms with E-state index < -0.39 is 0 Å². The summed E-state index contributed by atoms with van der Waals surface area (Å²) < 4.78 is 0. The van der Waals surface area contributed by atoms with Gasteiger partial charge >= 0.3 is 0 Å². The molecule has 0 amide bonds. The first-order chi connectivity index (χ1) is 10.9. The van der Waals surface area contributed by atoms with Gasteiger partial charge in [-0.3, -0.25) is 0 Å². The number of H-pyrrole nitrogens is 1. The van der Waals surface area contributed by atoms with E-state index in [0.717, 1.165) is 18.9 Å². The second kappa shape index (κ2) is 5.98. The summed E-state index contributed by atoms with van der Waals surface area (Å²) in [6, 6.07) is 19.4. The van der Waals surface area contributed by atoms with Crippen molar-refractivity contribution >= 4 is 10.9 Å². The fourth-order valence-electron chi connectivity index (χ4n) is 3.65. The minimum absolute atomic E-state index is 0.746. The van der Waals surface area contributed by atoms with Crippen molar-refractivity contribution in [3.05, 3.63) is 60.2 Å². The largest absolute Gasteiger partial charge is 0.354 e. The van der Waals surface area contributed by atoms with Crippen LogP contribution in [-0.2, 0) is 6.42 Å². The van der Waals surface area contributed by atoms with Crippen LogP contribution in [0.25, 0.3) is 22.2 Å². The SMILES string of the molecule is c1ccc(-c2[nH]c3ccccc3c2CC2CCCNC2)cc1. The zero-order chi connectivity index (χ0) is 14.8. The normalized spacial score (nSPS) is 18.6. The van der Waals surface area contributed by atoms with Crippen LogP contribution in [0.1, 0.15) is 18.4 Å². The van der Waals surface area contributed by atoms with Crippen LogP contribution in [0.5, 0.6) is 0 Å². The van der Waals surface area contributed by atoms with Gasteiger partial charge in [-0.25, -0.2) is 0 Å². The van der Waals surface area contributed by atoms with Gasteiger partial charge in [-0.15, -0.1) is 0 Å². The molecule has 0 spiro atoms. The molecule has 3 aromatic rings. The van der Waals surface area contributed by atoms with Crippen LogP contribution < -0.4 is 5.32 Å². The lowest BCUT2D eigenvalue weighted by Crippen LogP contribution is -2.30. The molecule has 2 heteroatoms. The number of hydrogen-bond donors (Lipinski definition) is 2. The maximum atomic E-state index is 3.65. The number of fused-ring (bicyclic) bond motifs is 1. The maximum absolute atomic E-state index is 3.65. The third kappa shape index (κ3) is 2.55. The Hall–Kier alpha value is -2.06. The first-order valence-corrected chi connectivity index (χ1v) is 8.27. The van der Waals surface area contributed by atoms with Crippen molar-refractivity contribution in [3.63, 3.8) is 0 Å². The summed E-state index contributed by atoms with van der Waals surface area (Å²) >= 11 is 0. The third-order valence-electron chi connectivity index (χ3n) is 4.77. The van der Waals surface area contributed by atoms with E-state index in [4.69, 9.17) is 0 Å². The molecule has 4 rings (SSSR count). The Bertz CT molecular complexity index is 752. The Morgan fingerprint density at radius 3 is 2.59 bits per heavy atom. The zero-order valence-electron chi connectivity index (χ0n) is 12.8. The molecule has 0 saturated carbocycles. The van der Waals surface area contributed by atoms with Crippen molar-refractivity contribution in [2.24, 2.45) is 5.92 Å². The quantitative estimate of drug-likeness (QED) is 0.736. The number of para-hydroxylation sites is 1. The standard InChI is InChI=1S/C20H22N2/c1-2-8-16(9-3-1)20-18(13-15-7-6-12-21-14-15)17-10-4-5-11-19(17)22-20/h1-5,8-11,15,21-22H,6-7,12-14H2. The molecule has 22 heavy (non-hydrogen) atoms. The van der Waals surface area contributed by atoms with E-state index in [1.807, 2.05) is 0 Å². The maximum Gasteiger partial charge on any atom is 0.0497 e. The first kappa shape index (κ1) is 13.6. The fraction of sp³-hybridized carbons (Fsp3) is 0.300. The summed E-state index contributed by atoms with van der Waals surface area (Å²) in [7, 11) is 0. The monoisotopic (exact) mass is 290 g/mol. The molecule has 1 unspecified atom stereocenters. The molecule has 112 valence electrons. The topological polar surface area (TPSA) is 27.8 Å². The van der Waals surface area contributed by atoms with Gasteiger partial charge in [0.05, 0.1) is 0 Å². The van der Waals surface area contributed by atoms with Gasteiger partial charge in [0.25, 0.3) is 0 Å². The molecule has 2 aromatic carbocycles. The number of benzene rings is 2. The van der Waals surface area contributed by atoms with Gasteiger partial charge in [-0.1, -0.05) is 48.5 Å². The highest BCUT2D eigenvalue weighted by molar-refractivity contribution is 5.90. The van der Waals surface area contributed by atoms with Crippen LogP contribution in [0.15, 0.2) is 54.6 Å². The molecule has 1 saturated heterocycles. The van der Waals surface area contributed by atoms with Crippen LogP contribution in [0, 0.1) is 5.92 Å². The van der Waals surface area contributed by atoms with E-state index in [2.05, 4.69) is 64.9 Å². The summed E-state index contributed by atoms with van der Waals surface area (Å²) in [6.07, 6.45) is 3.79. The van der Waals surface area contributed by atoms with Crippen molar-refractivity contribution in [1.29, 1.82) is 0 Å². The third-order valence-corrected chi connectivity index (χ3v) is 4.77. The Kier molecular flexibility index (Phi) is 3.69. The van der Waals surface area contributed by atoms with E-state index in [9.17, 15) is 0 Å². The molecule has 1 atom stereocenters. The smallest absolute Gasteiger partial charge is 0.0497 e. The molecule has 1 aromatic heterocycles. The number of nitrogens with one attached hydrogen (secondary N) is 2. The fourth-order valence-corrected chi connectivity index (χ4v) is 3.65. The lowest BCUT2D eigenvalue weighted by atomic mass is 9.90. The minimum atomic E-state index is 0.746. The molecule has 1 aliphatic heterocycles. The second-order valence-electron chi connectivity index (χ2n) is 6.31. The van der Waals surface area contributed by atoms with E-state index in [0.29, 0.717) is 0 Å². The summed E-state index contributed by atoms with van der Waals surface area (Å²) in [6.45, 7) is 2.32. The molecule has 1 aliphatic rings. The van der Waals surface area contributed by atoms with Gasteiger partial charge in [0.15, 0.2) is 0 Å². The molecule has 0 bridgehead atoms. The van der Waals surface area contributed by atoms with Crippen molar-refractivity contribution in [2.45, 2.75) is 19.3 Å². The number of hydrogen-bond acceptors (Lipinski definition) is 1. The Morgan fingerprint density at radius 2 is 1.77 bits per heavy atom. The second-order valence-corrected chi connectivity index (χ2v) is 6.31. The van der Waals surface area contributed by atoms with Crippen molar-refractivity contribution in [1.82, 2.24) is 10.3 Å². The minimum Gasteiger partial charge on any atom is -0.354 e. The van der Waals surface area contributed by atoms with Crippen LogP contribution in [-0.4, -0.2) is 18.1 Å². The van der Waals surface area contributed by atoms with Crippen LogP contribution in [0.4, 0.5) is 0 Å². The molecule has 2 N–H and O–H groups in total. The summed E-state index contributed by atoms with van der Waals surface area (Å²) in [5.74, 6) is 0.746.